The van der Waals surface area contributed by atoms with Crippen LogP contribution in [0.15, 0.2) is 39.7 Å². The number of halogens is 1. The van der Waals surface area contributed by atoms with E-state index < -0.39 is 20.0 Å². The minimum absolute atomic E-state index is 0.0595. The maximum Gasteiger partial charge on any atom is 0.262 e. The molecule has 0 aliphatic heterocycles. The van der Waals surface area contributed by atoms with Gasteiger partial charge in [-0.1, -0.05) is 28.1 Å². The molecular formula is C16H19BrN2O4S2. The maximum absolute atomic E-state index is 12.9. The summed E-state index contributed by atoms with van der Waals surface area (Å²) >= 11 is 3.30. The molecular weight excluding hydrogens is 428 g/mol. The first-order valence-corrected chi connectivity index (χ1v) is 11.4. The van der Waals surface area contributed by atoms with Gasteiger partial charge in [0.25, 0.3) is 10.0 Å². The molecule has 0 spiro atoms. The number of aryl methyl sites for hydroxylation is 2. The summed E-state index contributed by atoms with van der Waals surface area (Å²) in [5.74, 6) is 0. The topological polar surface area (TPSA) is 92.3 Å². The zero-order valence-corrected chi connectivity index (χ0v) is 17.4. The summed E-state index contributed by atoms with van der Waals surface area (Å²) in [5, 5.41) is 0. The van der Waals surface area contributed by atoms with Crippen molar-refractivity contribution in [3.05, 3.63) is 51.5 Å². The van der Waals surface area contributed by atoms with E-state index >= 15 is 0 Å². The van der Waals surface area contributed by atoms with Crippen molar-refractivity contribution in [2.45, 2.75) is 25.7 Å². The summed E-state index contributed by atoms with van der Waals surface area (Å²) in [7, 11) is -7.43. The fraction of sp³-hybridized carbons (Fsp3) is 0.250. The minimum atomic E-state index is -3.89. The third-order valence-electron chi connectivity index (χ3n) is 3.53. The molecule has 0 atom stereocenters. The van der Waals surface area contributed by atoms with Crippen molar-refractivity contribution in [1.29, 1.82) is 0 Å². The van der Waals surface area contributed by atoms with E-state index in [1.807, 2.05) is 0 Å². The van der Waals surface area contributed by atoms with Crippen LogP contribution in [0.4, 0.5) is 11.4 Å². The minimum Gasteiger partial charge on any atom is -0.283 e. The normalized spacial score (nSPS) is 12.0. The molecule has 25 heavy (non-hydrogen) atoms. The smallest absolute Gasteiger partial charge is 0.262 e. The van der Waals surface area contributed by atoms with E-state index in [1.165, 1.54) is 0 Å². The Labute approximate surface area is 156 Å². The van der Waals surface area contributed by atoms with Crippen LogP contribution in [0.5, 0.6) is 0 Å². The molecule has 136 valence electrons. The molecule has 0 unspecified atom stereocenters. The Morgan fingerprint density at radius 2 is 1.56 bits per heavy atom. The third-order valence-corrected chi connectivity index (χ3v) is 6.27. The highest BCUT2D eigenvalue weighted by atomic mass is 79.9. The van der Waals surface area contributed by atoms with Crippen LogP contribution < -0.4 is 9.44 Å². The van der Waals surface area contributed by atoms with Crippen LogP contribution in [-0.2, 0) is 20.0 Å². The second kappa shape index (κ2) is 6.97. The van der Waals surface area contributed by atoms with E-state index in [2.05, 4.69) is 25.4 Å². The van der Waals surface area contributed by atoms with Gasteiger partial charge in [0, 0.05) is 10.2 Å². The van der Waals surface area contributed by atoms with Crippen LogP contribution >= 0.6 is 15.9 Å². The monoisotopic (exact) mass is 446 g/mol. The summed E-state index contributed by atoms with van der Waals surface area (Å²) in [6.45, 7) is 4.99. The average Bonchev–Trinajstić information content (AvgIpc) is 2.41. The molecule has 6 nitrogen and oxygen atoms in total. The molecule has 0 aliphatic carbocycles. The Hall–Kier alpha value is -1.58. The first-order valence-electron chi connectivity index (χ1n) is 7.27. The second-order valence-corrected chi connectivity index (χ2v) is 10.1. The molecule has 0 heterocycles. The van der Waals surface area contributed by atoms with Crippen LogP contribution in [0, 0.1) is 20.8 Å². The molecule has 2 aromatic rings. The zero-order chi connectivity index (χ0) is 19.0. The van der Waals surface area contributed by atoms with Gasteiger partial charge < -0.3 is 0 Å². The van der Waals surface area contributed by atoms with Crippen LogP contribution in [0.3, 0.4) is 0 Å². The number of hydrogen-bond acceptors (Lipinski definition) is 4. The standard InChI is InChI=1S/C16H19BrN2O4S2/c1-10-8-11(2)16(12(3)15(10)19-24(4,20)21)25(22,23)18-14-7-5-6-13(17)9-14/h5-9,18-19H,1-4H3. The lowest BCUT2D eigenvalue weighted by Crippen LogP contribution is -2.19. The SMILES string of the molecule is Cc1cc(C)c(S(=O)(=O)Nc2cccc(Br)c2)c(C)c1NS(C)(=O)=O. The van der Waals surface area contributed by atoms with Crippen molar-refractivity contribution < 1.29 is 16.8 Å². The summed E-state index contributed by atoms with van der Waals surface area (Å²) in [6.07, 6.45) is 1.03. The summed E-state index contributed by atoms with van der Waals surface area (Å²) in [5.41, 5.74) is 2.23. The predicted octanol–water partition coefficient (Wildman–Crippen LogP) is 3.55. The fourth-order valence-electron chi connectivity index (χ4n) is 2.68. The average molecular weight is 447 g/mol. The predicted molar refractivity (Wildman–Crippen MR) is 104 cm³/mol. The Balaban J connectivity index is 2.59. The molecule has 2 N–H and O–H groups in total. The summed E-state index contributed by atoms with van der Waals surface area (Å²) in [4.78, 5) is 0.0595. The molecule has 0 aromatic heterocycles. The van der Waals surface area contributed by atoms with Gasteiger partial charge in [0.1, 0.15) is 0 Å². The lowest BCUT2D eigenvalue weighted by Gasteiger charge is -2.18. The molecule has 0 bridgehead atoms. The van der Waals surface area contributed by atoms with Gasteiger partial charge in [0.2, 0.25) is 10.0 Å². The van der Waals surface area contributed by atoms with Crippen LogP contribution in [0.2, 0.25) is 0 Å². The Morgan fingerprint density at radius 1 is 0.920 bits per heavy atom. The van der Waals surface area contributed by atoms with Gasteiger partial charge in [0.15, 0.2) is 0 Å². The number of sulfonamides is 2. The van der Waals surface area contributed by atoms with E-state index in [9.17, 15) is 16.8 Å². The number of hydrogen-bond donors (Lipinski definition) is 2. The van der Waals surface area contributed by atoms with E-state index in [4.69, 9.17) is 0 Å². The molecule has 0 radical (unpaired) electrons. The number of anilines is 2. The zero-order valence-electron chi connectivity index (χ0n) is 14.2. The van der Waals surface area contributed by atoms with Crippen LogP contribution in [0.1, 0.15) is 16.7 Å². The van der Waals surface area contributed by atoms with E-state index in [1.54, 1.807) is 51.1 Å². The molecule has 0 aliphatic rings. The quantitative estimate of drug-likeness (QED) is 0.734. The van der Waals surface area contributed by atoms with Gasteiger partial charge in [0.05, 0.1) is 16.8 Å². The van der Waals surface area contributed by atoms with Crippen LogP contribution in [0.25, 0.3) is 0 Å². The fourth-order valence-corrected chi connectivity index (χ4v) is 5.29. The summed E-state index contributed by atoms with van der Waals surface area (Å²) < 4.78 is 54.6. The molecule has 0 fully saturated rings. The maximum atomic E-state index is 12.9. The first-order chi connectivity index (χ1) is 11.4. The van der Waals surface area contributed by atoms with Gasteiger partial charge in [-0.2, -0.15) is 0 Å². The summed E-state index contributed by atoms with van der Waals surface area (Å²) in [6, 6.07) is 8.43. The molecule has 0 saturated heterocycles. The lowest BCUT2D eigenvalue weighted by molar-refractivity contribution is 0.599. The molecule has 2 aromatic carbocycles. The van der Waals surface area contributed by atoms with Crippen molar-refractivity contribution in [3.8, 4) is 0 Å². The van der Waals surface area contributed by atoms with Gasteiger partial charge >= 0.3 is 0 Å². The highest BCUT2D eigenvalue weighted by Gasteiger charge is 2.24. The number of rotatable bonds is 5. The highest BCUT2D eigenvalue weighted by Crippen LogP contribution is 2.32. The molecule has 0 saturated carbocycles. The van der Waals surface area contributed by atoms with Crippen LogP contribution in [-0.4, -0.2) is 23.1 Å². The third kappa shape index (κ3) is 4.74. The van der Waals surface area contributed by atoms with Gasteiger partial charge in [-0.25, -0.2) is 16.8 Å². The van der Waals surface area contributed by atoms with E-state index in [-0.39, 0.29) is 10.6 Å². The highest BCUT2D eigenvalue weighted by molar-refractivity contribution is 9.10. The lowest BCUT2D eigenvalue weighted by atomic mass is 10.1. The van der Waals surface area contributed by atoms with Gasteiger partial charge in [-0.15, -0.1) is 0 Å². The van der Waals surface area contributed by atoms with Crippen molar-refractivity contribution >= 4 is 47.4 Å². The number of nitrogens with one attached hydrogen (secondary N) is 2. The van der Waals surface area contributed by atoms with Crippen molar-refractivity contribution in [3.63, 3.8) is 0 Å². The largest absolute Gasteiger partial charge is 0.283 e. The number of benzene rings is 2. The van der Waals surface area contributed by atoms with Crippen molar-refractivity contribution in [1.82, 2.24) is 0 Å². The van der Waals surface area contributed by atoms with Crippen molar-refractivity contribution in [2.75, 3.05) is 15.7 Å². The molecule has 9 heteroatoms. The van der Waals surface area contributed by atoms with Gasteiger partial charge in [-0.3, -0.25) is 9.44 Å². The Bertz CT molecular complexity index is 1030. The molecule has 0 amide bonds. The Kier molecular flexibility index (Phi) is 5.50. The van der Waals surface area contributed by atoms with Crippen molar-refractivity contribution in [2.24, 2.45) is 0 Å². The van der Waals surface area contributed by atoms with Gasteiger partial charge in [-0.05, 0) is 55.7 Å². The van der Waals surface area contributed by atoms with E-state index in [0.29, 0.717) is 22.4 Å². The second-order valence-electron chi connectivity index (χ2n) is 5.83. The van der Waals surface area contributed by atoms with E-state index in [0.717, 1.165) is 10.7 Å². The Morgan fingerprint density at radius 3 is 2.12 bits per heavy atom. The first kappa shape index (κ1) is 19.7. The molecule has 2 rings (SSSR count).